The average molecular weight is 406 g/mol. The number of nitrogens with zero attached hydrogens (tertiary/aromatic N) is 1. The van der Waals surface area contributed by atoms with Gasteiger partial charge in [-0.05, 0) is 38.8 Å². The van der Waals surface area contributed by atoms with E-state index in [2.05, 4.69) is 5.32 Å². The van der Waals surface area contributed by atoms with Crippen LogP contribution in [0.5, 0.6) is 0 Å². The number of carbonyl (C=O) groups excluding carboxylic acids is 4. The Balaban J connectivity index is 1.62. The van der Waals surface area contributed by atoms with Crippen molar-refractivity contribution in [3.05, 3.63) is 42.0 Å². The topological polar surface area (TPSA) is 92.8 Å². The number of nitrogens with one attached hydrogen (secondary N) is 1. The van der Waals surface area contributed by atoms with Gasteiger partial charge in [0.05, 0.1) is 17.5 Å². The third kappa shape index (κ3) is 4.03. The molecular weight excluding hydrogens is 386 g/mol. The van der Waals surface area contributed by atoms with Crippen LogP contribution in [0.1, 0.15) is 26.7 Å². The van der Waals surface area contributed by atoms with E-state index in [4.69, 9.17) is 4.74 Å². The number of fused-ring (bicyclic) bond motifs is 1. The molecule has 29 heavy (non-hydrogen) atoms. The van der Waals surface area contributed by atoms with E-state index in [-0.39, 0.29) is 5.69 Å². The van der Waals surface area contributed by atoms with Gasteiger partial charge in [-0.1, -0.05) is 12.2 Å². The molecule has 0 saturated carbocycles. The van der Waals surface area contributed by atoms with Crippen LogP contribution in [0, 0.1) is 23.5 Å². The van der Waals surface area contributed by atoms with Crippen LogP contribution < -0.4 is 5.32 Å². The van der Waals surface area contributed by atoms with Crippen LogP contribution in [0.15, 0.2) is 30.4 Å². The number of rotatable bonds is 5. The molecule has 4 atom stereocenters. The maximum absolute atomic E-state index is 13.7. The van der Waals surface area contributed by atoms with Crippen molar-refractivity contribution >= 4 is 29.4 Å². The molecule has 0 radical (unpaired) electrons. The number of esters is 1. The number of carbonyl (C=O) groups is 4. The second kappa shape index (κ2) is 8.10. The van der Waals surface area contributed by atoms with Crippen molar-refractivity contribution in [2.75, 3.05) is 5.32 Å². The highest BCUT2D eigenvalue weighted by atomic mass is 19.1. The summed E-state index contributed by atoms with van der Waals surface area (Å²) in [7, 11) is 0. The number of anilines is 1. The first-order valence-corrected chi connectivity index (χ1v) is 9.19. The minimum Gasteiger partial charge on any atom is -0.451 e. The molecule has 1 aliphatic carbocycles. The Hall–Kier alpha value is -3.10. The largest absolute Gasteiger partial charge is 0.451 e. The molecule has 1 aliphatic heterocycles. The number of amides is 3. The molecule has 1 aromatic rings. The van der Waals surface area contributed by atoms with Gasteiger partial charge in [-0.2, -0.15) is 0 Å². The molecule has 3 amide bonds. The maximum Gasteiger partial charge on any atom is 0.329 e. The molecule has 0 unspecified atom stereocenters. The highest BCUT2D eigenvalue weighted by Crippen LogP contribution is 2.36. The van der Waals surface area contributed by atoms with Crippen LogP contribution in [-0.4, -0.2) is 40.7 Å². The fourth-order valence-electron chi connectivity index (χ4n) is 3.46. The Kier molecular flexibility index (Phi) is 5.76. The van der Waals surface area contributed by atoms with Gasteiger partial charge in [0, 0.05) is 6.07 Å². The highest BCUT2D eigenvalue weighted by molar-refractivity contribution is 6.08. The third-order valence-corrected chi connectivity index (χ3v) is 5.12. The van der Waals surface area contributed by atoms with Crippen LogP contribution in [0.3, 0.4) is 0 Å². The summed E-state index contributed by atoms with van der Waals surface area (Å²) < 4.78 is 31.7. The Labute approximate surface area is 165 Å². The van der Waals surface area contributed by atoms with Gasteiger partial charge in [0.15, 0.2) is 6.10 Å². The Morgan fingerprint density at radius 3 is 2.24 bits per heavy atom. The van der Waals surface area contributed by atoms with Gasteiger partial charge < -0.3 is 10.1 Å². The second-order valence-corrected chi connectivity index (χ2v) is 7.07. The number of benzene rings is 1. The summed E-state index contributed by atoms with van der Waals surface area (Å²) in [6, 6.07) is 1.42. The van der Waals surface area contributed by atoms with E-state index in [9.17, 15) is 28.0 Å². The van der Waals surface area contributed by atoms with E-state index in [0.717, 1.165) is 17.0 Å². The van der Waals surface area contributed by atoms with Crippen molar-refractivity contribution in [2.45, 2.75) is 38.8 Å². The van der Waals surface area contributed by atoms with E-state index < -0.39 is 59.3 Å². The number of halogens is 2. The second-order valence-electron chi connectivity index (χ2n) is 7.07. The normalized spacial score (nSPS) is 22.8. The lowest BCUT2D eigenvalue weighted by Gasteiger charge is -2.23. The Bertz CT molecular complexity index is 875. The van der Waals surface area contributed by atoms with Crippen LogP contribution in [0.25, 0.3) is 0 Å². The smallest absolute Gasteiger partial charge is 0.329 e. The summed E-state index contributed by atoms with van der Waals surface area (Å²) in [5, 5.41) is 2.20. The first-order valence-electron chi connectivity index (χ1n) is 9.19. The highest BCUT2D eigenvalue weighted by Gasteiger charge is 2.50. The van der Waals surface area contributed by atoms with Crippen molar-refractivity contribution in [1.29, 1.82) is 0 Å². The number of imide groups is 1. The van der Waals surface area contributed by atoms with Gasteiger partial charge in [0.2, 0.25) is 11.8 Å². The minimum atomic E-state index is -1.33. The lowest BCUT2D eigenvalue weighted by atomic mass is 9.85. The van der Waals surface area contributed by atoms with E-state index in [1.54, 1.807) is 0 Å². The van der Waals surface area contributed by atoms with Gasteiger partial charge in [-0.15, -0.1) is 0 Å². The molecule has 1 saturated heterocycles. The first-order chi connectivity index (χ1) is 13.7. The van der Waals surface area contributed by atoms with E-state index in [1.165, 1.54) is 13.8 Å². The molecule has 7 nitrogen and oxygen atoms in total. The number of hydrogen-bond donors (Lipinski definition) is 1. The van der Waals surface area contributed by atoms with Crippen LogP contribution in [0.4, 0.5) is 14.5 Å². The molecule has 1 heterocycles. The van der Waals surface area contributed by atoms with Gasteiger partial charge in [0.25, 0.3) is 5.91 Å². The van der Waals surface area contributed by atoms with E-state index in [1.807, 2.05) is 12.2 Å². The maximum atomic E-state index is 13.7. The zero-order chi connectivity index (χ0) is 21.3. The predicted molar refractivity (Wildman–Crippen MR) is 97.2 cm³/mol. The number of ether oxygens (including phenoxy) is 1. The van der Waals surface area contributed by atoms with E-state index >= 15 is 0 Å². The molecule has 0 aromatic heterocycles. The summed E-state index contributed by atoms with van der Waals surface area (Å²) in [6.07, 6.45) is 3.22. The molecule has 0 spiro atoms. The number of allylic oxidation sites excluding steroid dienone is 2. The summed E-state index contributed by atoms with van der Waals surface area (Å²) in [4.78, 5) is 50.5. The lowest BCUT2D eigenvalue weighted by Crippen LogP contribution is -2.46. The third-order valence-electron chi connectivity index (χ3n) is 5.12. The van der Waals surface area contributed by atoms with Crippen molar-refractivity contribution in [3.63, 3.8) is 0 Å². The molecule has 1 N–H and O–H groups in total. The monoisotopic (exact) mass is 406 g/mol. The summed E-state index contributed by atoms with van der Waals surface area (Å²) in [6.45, 7) is 2.62. The first kappa shape index (κ1) is 20.6. The Morgan fingerprint density at radius 1 is 1.10 bits per heavy atom. The zero-order valence-electron chi connectivity index (χ0n) is 15.9. The quantitative estimate of drug-likeness (QED) is 0.460. The van der Waals surface area contributed by atoms with Crippen molar-refractivity contribution in [3.8, 4) is 0 Å². The molecular formula is C20H20F2N2O5. The lowest BCUT2D eigenvalue weighted by molar-refractivity contribution is -0.163. The summed E-state index contributed by atoms with van der Waals surface area (Å²) >= 11 is 0. The Morgan fingerprint density at radius 2 is 1.69 bits per heavy atom. The van der Waals surface area contributed by atoms with Gasteiger partial charge in [0.1, 0.15) is 17.7 Å². The van der Waals surface area contributed by atoms with Crippen LogP contribution in [-0.2, 0) is 23.9 Å². The van der Waals surface area contributed by atoms with Crippen molar-refractivity contribution < 1.29 is 32.7 Å². The molecule has 9 heteroatoms. The van der Waals surface area contributed by atoms with Crippen LogP contribution >= 0.6 is 0 Å². The fourth-order valence-corrected chi connectivity index (χ4v) is 3.46. The average Bonchev–Trinajstić information content (AvgIpc) is 2.94. The molecule has 1 aromatic carbocycles. The minimum absolute atomic E-state index is 0.270. The number of likely N-dealkylation sites (tertiary alicyclic amines) is 1. The summed E-state index contributed by atoms with van der Waals surface area (Å²) in [5.74, 6) is -5.37. The van der Waals surface area contributed by atoms with Crippen molar-refractivity contribution in [1.82, 2.24) is 4.90 Å². The SMILES string of the molecule is C[C@@H](OC(=O)[C@H](C)N1C(=O)[C@H]2CC=CC[C@H]2C1=O)C(=O)Nc1ccc(F)cc1F. The molecule has 154 valence electrons. The van der Waals surface area contributed by atoms with Crippen molar-refractivity contribution in [2.24, 2.45) is 11.8 Å². The molecule has 0 bridgehead atoms. The van der Waals surface area contributed by atoms with Gasteiger partial charge in [-0.25, -0.2) is 13.6 Å². The molecule has 2 aliphatic rings. The van der Waals surface area contributed by atoms with Crippen LogP contribution in [0.2, 0.25) is 0 Å². The molecule has 1 fully saturated rings. The number of hydrogen-bond acceptors (Lipinski definition) is 5. The predicted octanol–water partition coefficient (Wildman–Crippen LogP) is 2.17. The summed E-state index contributed by atoms with van der Waals surface area (Å²) in [5.41, 5.74) is -0.270. The fraction of sp³-hybridized carbons (Fsp3) is 0.400. The van der Waals surface area contributed by atoms with Gasteiger partial charge >= 0.3 is 5.97 Å². The molecule has 3 rings (SSSR count). The van der Waals surface area contributed by atoms with E-state index in [0.29, 0.717) is 18.9 Å². The zero-order valence-corrected chi connectivity index (χ0v) is 15.9. The standard InChI is InChI=1S/C20H20F2N2O5/c1-10(24-18(26)13-5-3-4-6-14(13)19(24)27)20(28)29-11(2)17(25)23-16-8-7-12(21)9-15(16)22/h3-4,7-11,13-14H,5-6H2,1-2H3,(H,23,25)/t10-,11+,13-,14+/m0/s1. The van der Waals surface area contributed by atoms with Gasteiger partial charge in [-0.3, -0.25) is 19.3 Å².